The Morgan fingerprint density at radius 2 is 0.963 bits per heavy atom. The number of amides is 4. The van der Waals surface area contributed by atoms with Gasteiger partial charge in [-0.1, -0.05) is 71.7 Å². The lowest BCUT2D eigenvalue weighted by Crippen LogP contribution is -2.38. The van der Waals surface area contributed by atoms with Crippen LogP contribution < -0.4 is 30.7 Å². The number of benzene rings is 4. The number of nitrogens with one attached hydrogen (secondary N) is 4. The van der Waals surface area contributed by atoms with Crippen LogP contribution in [0.15, 0.2) is 97.1 Å². The van der Waals surface area contributed by atoms with Crippen molar-refractivity contribution in [2.75, 3.05) is 26.3 Å². The molecule has 4 aromatic carbocycles. The molecule has 4 rings (SSSR count). The van der Waals surface area contributed by atoms with Crippen LogP contribution in [0.25, 0.3) is 0 Å². The zero-order valence-electron chi connectivity index (χ0n) is 29.9. The summed E-state index contributed by atoms with van der Waals surface area (Å²) in [7, 11) is 0. The Bertz CT molecular complexity index is 1720. The van der Waals surface area contributed by atoms with Crippen LogP contribution in [0, 0.1) is 0 Å². The Morgan fingerprint density at radius 1 is 0.593 bits per heavy atom. The monoisotopic (exact) mass is 778 g/mol. The van der Waals surface area contributed by atoms with Crippen LogP contribution in [-0.4, -0.2) is 72.2 Å². The zero-order valence-corrected chi connectivity index (χ0v) is 31.4. The van der Waals surface area contributed by atoms with Crippen LogP contribution >= 0.6 is 23.2 Å². The van der Waals surface area contributed by atoms with E-state index >= 15 is 0 Å². The number of ether oxygens (including phenoxy) is 2. The summed E-state index contributed by atoms with van der Waals surface area (Å²) in [5, 5.41) is 32.5. The van der Waals surface area contributed by atoms with E-state index in [1.54, 1.807) is 72.8 Å². The van der Waals surface area contributed by atoms with Crippen LogP contribution in [0.4, 0.5) is 0 Å². The van der Waals surface area contributed by atoms with Crippen LogP contribution in [0.3, 0.4) is 0 Å². The molecule has 4 amide bonds. The van der Waals surface area contributed by atoms with Crippen molar-refractivity contribution in [2.45, 2.75) is 51.0 Å². The maximum absolute atomic E-state index is 12.5. The van der Waals surface area contributed by atoms with Crippen LogP contribution in [0.1, 0.15) is 48.3 Å². The lowest BCUT2D eigenvalue weighted by Gasteiger charge is -2.17. The molecule has 4 atom stereocenters. The smallest absolute Gasteiger partial charge is 0.258 e. The average Bonchev–Trinajstić information content (AvgIpc) is 3.15. The van der Waals surface area contributed by atoms with Gasteiger partial charge in [-0.15, -0.1) is 0 Å². The molecule has 0 aliphatic rings. The summed E-state index contributed by atoms with van der Waals surface area (Å²) in [5.74, 6) is -0.769. The molecule has 0 radical (unpaired) electrons. The Labute approximate surface area is 324 Å². The minimum atomic E-state index is -1.33. The van der Waals surface area contributed by atoms with Crippen LogP contribution in [0.2, 0.25) is 10.0 Å². The molecule has 0 aliphatic heterocycles. The molecular formula is C40H44Cl2N4O8. The number of hydrogen-bond donors (Lipinski definition) is 6. The predicted octanol–water partition coefficient (Wildman–Crippen LogP) is 4.25. The van der Waals surface area contributed by atoms with E-state index in [-0.39, 0.29) is 50.2 Å². The third kappa shape index (κ3) is 14.0. The summed E-state index contributed by atoms with van der Waals surface area (Å²) >= 11 is 11.9. The maximum atomic E-state index is 12.5. The highest BCUT2D eigenvalue weighted by atomic mass is 35.5. The van der Waals surface area contributed by atoms with Gasteiger partial charge in [0.15, 0.2) is 25.4 Å². The number of carbonyl (C=O) groups excluding carboxylic acids is 4. The number of carbonyl (C=O) groups is 4. The minimum Gasteiger partial charge on any atom is -0.484 e. The Kier molecular flexibility index (Phi) is 16.1. The molecule has 6 N–H and O–H groups in total. The highest BCUT2D eigenvalue weighted by Gasteiger charge is 2.21. The normalized spacial score (nSPS) is 13.1. The second-order valence-corrected chi connectivity index (χ2v) is 13.6. The molecule has 0 aliphatic carbocycles. The maximum Gasteiger partial charge on any atom is 0.258 e. The van der Waals surface area contributed by atoms with Crippen molar-refractivity contribution in [3.63, 3.8) is 0 Å². The molecule has 14 heteroatoms. The van der Waals surface area contributed by atoms with Gasteiger partial charge in [0, 0.05) is 35.2 Å². The zero-order chi connectivity index (χ0) is 39.0. The van der Waals surface area contributed by atoms with Gasteiger partial charge in [-0.2, -0.15) is 0 Å². The van der Waals surface area contributed by atoms with Crippen molar-refractivity contribution in [2.24, 2.45) is 0 Å². The lowest BCUT2D eigenvalue weighted by molar-refractivity contribution is -0.130. The molecule has 3 unspecified atom stereocenters. The molecular weight excluding hydrogens is 735 g/mol. The van der Waals surface area contributed by atoms with Gasteiger partial charge in [0.2, 0.25) is 0 Å². The quantitative estimate of drug-likeness (QED) is 0.0767. The highest BCUT2D eigenvalue weighted by Crippen LogP contribution is 2.20. The second kappa shape index (κ2) is 20.9. The van der Waals surface area contributed by atoms with E-state index < -0.39 is 24.0 Å². The average molecular weight is 780 g/mol. The van der Waals surface area contributed by atoms with E-state index in [1.165, 1.54) is 0 Å². The third-order valence-electron chi connectivity index (χ3n) is 8.04. The molecule has 12 nitrogen and oxygen atoms in total. The molecule has 0 spiro atoms. The fourth-order valence-corrected chi connectivity index (χ4v) is 5.75. The van der Waals surface area contributed by atoms with E-state index in [1.807, 2.05) is 38.1 Å². The highest BCUT2D eigenvalue weighted by molar-refractivity contribution is 6.31. The molecule has 0 saturated carbocycles. The predicted molar refractivity (Wildman–Crippen MR) is 205 cm³/mol. The largest absolute Gasteiger partial charge is 0.484 e. The Balaban J connectivity index is 1.06. The lowest BCUT2D eigenvalue weighted by atomic mass is 10.1. The van der Waals surface area contributed by atoms with Gasteiger partial charge in [0.05, 0.1) is 0 Å². The van der Waals surface area contributed by atoms with Gasteiger partial charge in [-0.25, -0.2) is 0 Å². The van der Waals surface area contributed by atoms with E-state index in [2.05, 4.69) is 21.3 Å². The summed E-state index contributed by atoms with van der Waals surface area (Å²) in [5.41, 5.74) is 2.68. The van der Waals surface area contributed by atoms with Gasteiger partial charge in [-0.3, -0.25) is 19.2 Å². The van der Waals surface area contributed by atoms with Gasteiger partial charge in [0.1, 0.15) is 11.5 Å². The van der Waals surface area contributed by atoms with Crippen molar-refractivity contribution < 1.29 is 38.9 Å². The van der Waals surface area contributed by atoms with Gasteiger partial charge < -0.3 is 41.0 Å². The first kappa shape index (κ1) is 41.6. The second-order valence-electron chi connectivity index (χ2n) is 12.7. The SMILES string of the molecule is CC(Cc1ccc(OCC(=O)NCCNC(=O)COc2ccc(CC(C)NC(=O)[C@H](O)c3cccc(Cl)c3)cc2)cc1)NC(=O)C(O)c1cccc(Cl)c1. The summed E-state index contributed by atoms with van der Waals surface area (Å²) in [6.45, 7) is 3.63. The minimum absolute atomic E-state index is 0.196. The Morgan fingerprint density at radius 3 is 1.31 bits per heavy atom. The van der Waals surface area contributed by atoms with Crippen LogP contribution in [-0.2, 0) is 32.0 Å². The number of aliphatic hydroxyl groups excluding tert-OH is 2. The summed E-state index contributed by atoms with van der Waals surface area (Å²) in [6.07, 6.45) is -1.63. The number of hydrogen-bond acceptors (Lipinski definition) is 8. The fraction of sp³-hybridized carbons (Fsp3) is 0.300. The van der Waals surface area contributed by atoms with Crippen LogP contribution in [0.5, 0.6) is 11.5 Å². The third-order valence-corrected chi connectivity index (χ3v) is 8.51. The molecule has 54 heavy (non-hydrogen) atoms. The molecule has 0 heterocycles. The van der Waals surface area contributed by atoms with E-state index in [0.29, 0.717) is 45.5 Å². The molecule has 0 saturated heterocycles. The molecule has 0 fully saturated rings. The first-order valence-corrected chi connectivity index (χ1v) is 18.1. The van der Waals surface area contributed by atoms with Crippen molar-refractivity contribution >= 4 is 46.8 Å². The number of rotatable bonds is 19. The summed E-state index contributed by atoms with van der Waals surface area (Å²) in [4.78, 5) is 49.4. The fourth-order valence-electron chi connectivity index (χ4n) is 5.36. The van der Waals surface area contributed by atoms with E-state index in [9.17, 15) is 29.4 Å². The topological polar surface area (TPSA) is 175 Å². The van der Waals surface area contributed by atoms with Crippen molar-refractivity contribution in [3.05, 3.63) is 129 Å². The molecule has 0 bridgehead atoms. The molecule has 286 valence electrons. The van der Waals surface area contributed by atoms with E-state index in [0.717, 1.165) is 11.1 Å². The number of aliphatic hydroxyl groups is 2. The van der Waals surface area contributed by atoms with Gasteiger partial charge >= 0.3 is 0 Å². The van der Waals surface area contributed by atoms with Crippen molar-refractivity contribution in [1.29, 1.82) is 0 Å². The first-order valence-electron chi connectivity index (χ1n) is 17.3. The Hall–Kier alpha value is -5.14. The summed E-state index contributed by atoms with van der Waals surface area (Å²) in [6, 6.07) is 26.7. The van der Waals surface area contributed by atoms with Crippen molar-refractivity contribution in [3.8, 4) is 11.5 Å². The molecule has 0 aromatic heterocycles. The summed E-state index contributed by atoms with van der Waals surface area (Å²) < 4.78 is 11.1. The number of halogens is 2. The standard InChI is InChI=1S/C40H44Cl2N4O8/c1-25(45-39(51)37(49)29-5-3-7-31(41)21-29)19-27-9-13-33(14-10-27)53-23-35(47)43-17-18-44-36(48)24-54-34-15-11-28(12-16-34)20-26(2)46-40(52)38(50)30-6-4-8-32(42)22-30/h3-16,21-22,25-26,37-38,49-50H,17-20,23-24H2,1-2H3,(H,43,47)(H,44,48)(H,45,51)(H,46,52)/t25?,26?,37-,38?/m1/s1. The van der Waals surface area contributed by atoms with Gasteiger partial charge in [-0.05, 0) is 97.5 Å². The van der Waals surface area contributed by atoms with Crippen molar-refractivity contribution in [1.82, 2.24) is 21.3 Å². The van der Waals surface area contributed by atoms with Gasteiger partial charge in [0.25, 0.3) is 23.6 Å². The first-order chi connectivity index (χ1) is 25.9. The van der Waals surface area contributed by atoms with E-state index in [4.69, 9.17) is 32.7 Å². The molecule has 4 aromatic rings.